The Morgan fingerprint density at radius 3 is 2.42 bits per heavy atom. The number of carbonyl (C=O) groups is 2. The van der Waals surface area contributed by atoms with Crippen LogP contribution in [0.5, 0.6) is 5.75 Å². The number of benzene rings is 3. The first-order valence-corrected chi connectivity index (χ1v) is 12.8. The number of ether oxygens (including phenoxy) is 1. The second-order valence-corrected chi connectivity index (χ2v) is 9.76. The summed E-state index contributed by atoms with van der Waals surface area (Å²) in [5.41, 5.74) is 3.25. The van der Waals surface area contributed by atoms with Gasteiger partial charge in [0.1, 0.15) is 5.75 Å². The van der Waals surface area contributed by atoms with E-state index in [1.54, 1.807) is 11.0 Å². The summed E-state index contributed by atoms with van der Waals surface area (Å²) in [6, 6.07) is 22.4. The fourth-order valence-corrected chi connectivity index (χ4v) is 4.94. The largest absolute Gasteiger partial charge is 0.494 e. The zero-order valence-electron chi connectivity index (χ0n) is 20.8. The minimum atomic E-state index is -0.218. The van der Waals surface area contributed by atoms with E-state index in [9.17, 15) is 9.59 Å². The molecule has 0 bridgehead atoms. The number of rotatable bonds is 7. The summed E-state index contributed by atoms with van der Waals surface area (Å²) in [6.45, 7) is 6.49. The van der Waals surface area contributed by atoms with Gasteiger partial charge >= 0.3 is 0 Å². The van der Waals surface area contributed by atoms with Crippen molar-refractivity contribution in [1.29, 1.82) is 0 Å². The average molecular weight is 484 g/mol. The van der Waals surface area contributed by atoms with Gasteiger partial charge in [-0.2, -0.15) is 0 Å². The van der Waals surface area contributed by atoms with E-state index in [-0.39, 0.29) is 18.2 Å². The van der Waals surface area contributed by atoms with Crippen molar-refractivity contribution in [2.24, 2.45) is 5.92 Å². The van der Waals surface area contributed by atoms with Gasteiger partial charge in [-0.05, 0) is 80.2 Å². The standard InChI is InChI=1S/C30H33N3O3/c1-22-15-18-32(19-16-22)17-6-20-36-24-13-11-23(12-14-24)21-29(34)33-27-9-4-2-7-25(27)30(35)31-26-8-3-5-10-28(26)33/h2-5,7-14,22H,6,15-21H2,1H3,(H,31,35). The van der Waals surface area contributed by atoms with Gasteiger partial charge in [0.15, 0.2) is 0 Å². The van der Waals surface area contributed by atoms with Crippen LogP contribution >= 0.6 is 0 Å². The van der Waals surface area contributed by atoms with Crippen LogP contribution < -0.4 is 15.0 Å². The number of nitrogens with one attached hydrogen (secondary N) is 1. The minimum absolute atomic E-state index is 0.101. The molecular weight excluding hydrogens is 450 g/mol. The number of amides is 2. The fourth-order valence-electron chi connectivity index (χ4n) is 4.94. The molecule has 5 rings (SSSR count). The van der Waals surface area contributed by atoms with Crippen molar-refractivity contribution in [3.05, 3.63) is 83.9 Å². The highest BCUT2D eigenvalue weighted by Crippen LogP contribution is 2.38. The van der Waals surface area contributed by atoms with Crippen molar-refractivity contribution < 1.29 is 14.3 Å². The second kappa shape index (κ2) is 11.0. The van der Waals surface area contributed by atoms with Crippen LogP contribution in [0.25, 0.3) is 0 Å². The highest BCUT2D eigenvalue weighted by atomic mass is 16.5. The zero-order chi connectivity index (χ0) is 24.9. The lowest BCUT2D eigenvalue weighted by Gasteiger charge is -2.30. The summed E-state index contributed by atoms with van der Waals surface area (Å²) in [7, 11) is 0. The first-order chi connectivity index (χ1) is 17.6. The maximum Gasteiger partial charge on any atom is 0.257 e. The molecular formula is C30H33N3O3. The first-order valence-electron chi connectivity index (χ1n) is 12.8. The molecule has 3 aromatic carbocycles. The van der Waals surface area contributed by atoms with Gasteiger partial charge in [-0.15, -0.1) is 0 Å². The Morgan fingerprint density at radius 1 is 0.944 bits per heavy atom. The third kappa shape index (κ3) is 5.44. The molecule has 3 aromatic rings. The molecule has 6 heteroatoms. The third-order valence-corrected chi connectivity index (χ3v) is 7.07. The summed E-state index contributed by atoms with van der Waals surface area (Å²) in [5, 5.41) is 2.93. The van der Waals surface area contributed by atoms with Crippen LogP contribution in [0.1, 0.15) is 42.1 Å². The van der Waals surface area contributed by atoms with Crippen molar-refractivity contribution in [2.45, 2.75) is 32.6 Å². The lowest BCUT2D eigenvalue weighted by atomic mass is 9.99. The summed E-state index contributed by atoms with van der Waals surface area (Å²) in [6.07, 6.45) is 3.81. The lowest BCUT2D eigenvalue weighted by molar-refractivity contribution is -0.117. The maximum absolute atomic E-state index is 13.6. The molecule has 2 aliphatic rings. The van der Waals surface area contributed by atoms with Crippen LogP contribution in [-0.2, 0) is 11.2 Å². The number of fused-ring (bicyclic) bond motifs is 2. The molecule has 0 radical (unpaired) electrons. The van der Waals surface area contributed by atoms with Gasteiger partial charge in [0, 0.05) is 6.54 Å². The van der Waals surface area contributed by atoms with Crippen LogP contribution in [-0.4, -0.2) is 43.0 Å². The van der Waals surface area contributed by atoms with Crippen LogP contribution in [0.3, 0.4) is 0 Å². The van der Waals surface area contributed by atoms with E-state index in [0.717, 1.165) is 30.2 Å². The van der Waals surface area contributed by atoms with Crippen molar-refractivity contribution in [3.8, 4) is 5.75 Å². The number of nitrogens with zero attached hydrogens (tertiary/aromatic N) is 2. The minimum Gasteiger partial charge on any atom is -0.494 e. The van der Waals surface area contributed by atoms with Crippen LogP contribution in [0.4, 0.5) is 17.1 Å². The number of para-hydroxylation sites is 3. The van der Waals surface area contributed by atoms with E-state index in [2.05, 4.69) is 17.1 Å². The first kappa shape index (κ1) is 24.1. The number of carbonyl (C=O) groups excluding carboxylic acids is 2. The molecule has 2 amide bonds. The van der Waals surface area contributed by atoms with Crippen molar-refractivity contribution >= 4 is 28.9 Å². The Bertz CT molecular complexity index is 1220. The van der Waals surface area contributed by atoms with Gasteiger partial charge in [-0.3, -0.25) is 14.5 Å². The Kier molecular flexibility index (Phi) is 7.33. The van der Waals surface area contributed by atoms with Gasteiger partial charge in [-0.1, -0.05) is 43.3 Å². The Morgan fingerprint density at radius 2 is 1.64 bits per heavy atom. The average Bonchev–Trinajstić information content (AvgIpc) is 3.02. The summed E-state index contributed by atoms with van der Waals surface area (Å²) < 4.78 is 5.95. The molecule has 186 valence electrons. The van der Waals surface area contributed by atoms with E-state index in [1.165, 1.54) is 25.9 Å². The van der Waals surface area contributed by atoms with E-state index in [4.69, 9.17) is 4.74 Å². The molecule has 2 heterocycles. The summed E-state index contributed by atoms with van der Waals surface area (Å²) >= 11 is 0. The molecule has 0 saturated carbocycles. The number of anilines is 3. The van der Waals surface area contributed by atoms with E-state index >= 15 is 0 Å². The third-order valence-electron chi connectivity index (χ3n) is 7.07. The van der Waals surface area contributed by atoms with Crippen LogP contribution in [0, 0.1) is 5.92 Å². The van der Waals surface area contributed by atoms with Crippen molar-refractivity contribution in [2.75, 3.05) is 36.5 Å². The Labute approximate surface area is 212 Å². The lowest BCUT2D eigenvalue weighted by Crippen LogP contribution is -2.34. The normalized spacial score (nSPS) is 16.0. The van der Waals surface area contributed by atoms with E-state index in [1.807, 2.05) is 66.7 Å². The molecule has 0 spiro atoms. The Hall–Kier alpha value is -3.64. The highest BCUT2D eigenvalue weighted by molar-refractivity contribution is 6.17. The molecule has 0 aromatic heterocycles. The van der Waals surface area contributed by atoms with Crippen LogP contribution in [0.2, 0.25) is 0 Å². The predicted molar refractivity (Wildman–Crippen MR) is 143 cm³/mol. The topological polar surface area (TPSA) is 61.9 Å². The Balaban J connectivity index is 1.22. The molecule has 6 nitrogen and oxygen atoms in total. The maximum atomic E-state index is 13.6. The number of piperidine rings is 1. The number of hydrogen-bond acceptors (Lipinski definition) is 4. The van der Waals surface area contributed by atoms with Crippen molar-refractivity contribution in [3.63, 3.8) is 0 Å². The molecule has 1 N–H and O–H groups in total. The molecule has 1 fully saturated rings. The van der Waals surface area contributed by atoms with Gasteiger partial charge in [-0.25, -0.2) is 0 Å². The summed E-state index contributed by atoms with van der Waals surface area (Å²) in [4.78, 5) is 30.5. The van der Waals surface area contributed by atoms with Crippen LogP contribution in [0.15, 0.2) is 72.8 Å². The van der Waals surface area contributed by atoms with Gasteiger partial charge in [0.2, 0.25) is 5.91 Å². The van der Waals surface area contributed by atoms with E-state index in [0.29, 0.717) is 29.2 Å². The quantitative estimate of drug-likeness (QED) is 0.441. The number of hydrogen-bond donors (Lipinski definition) is 1. The molecule has 0 atom stereocenters. The smallest absolute Gasteiger partial charge is 0.257 e. The molecule has 36 heavy (non-hydrogen) atoms. The SMILES string of the molecule is CC1CCN(CCCOc2ccc(CC(=O)N3c4ccccc4NC(=O)c4ccccc43)cc2)CC1. The predicted octanol–water partition coefficient (Wildman–Crippen LogP) is 5.66. The van der Waals surface area contributed by atoms with Crippen molar-refractivity contribution in [1.82, 2.24) is 4.90 Å². The van der Waals surface area contributed by atoms with Gasteiger partial charge in [0.25, 0.3) is 5.91 Å². The monoisotopic (exact) mass is 483 g/mol. The summed E-state index contributed by atoms with van der Waals surface area (Å²) in [5.74, 6) is 1.35. The molecule has 2 aliphatic heterocycles. The van der Waals surface area contributed by atoms with E-state index < -0.39 is 0 Å². The zero-order valence-corrected chi connectivity index (χ0v) is 20.8. The van der Waals surface area contributed by atoms with Gasteiger partial charge in [0.05, 0.1) is 35.7 Å². The molecule has 0 aliphatic carbocycles. The second-order valence-electron chi connectivity index (χ2n) is 9.76. The van der Waals surface area contributed by atoms with Gasteiger partial charge < -0.3 is 15.0 Å². The fraction of sp³-hybridized carbons (Fsp3) is 0.333. The molecule has 1 saturated heterocycles. The molecule has 0 unspecified atom stereocenters. The highest BCUT2D eigenvalue weighted by Gasteiger charge is 2.28. The number of likely N-dealkylation sites (tertiary alicyclic amines) is 1.